The van der Waals surface area contributed by atoms with Gasteiger partial charge in [-0.05, 0) is 54.0 Å². The summed E-state index contributed by atoms with van der Waals surface area (Å²) in [6, 6.07) is 13.1. The van der Waals surface area contributed by atoms with Crippen molar-refractivity contribution in [3.63, 3.8) is 0 Å². The lowest BCUT2D eigenvalue weighted by Gasteiger charge is -2.42. The van der Waals surface area contributed by atoms with Crippen molar-refractivity contribution in [3.8, 4) is 0 Å². The Balaban J connectivity index is 1.62. The average Bonchev–Trinajstić information content (AvgIpc) is 2.70. The van der Waals surface area contributed by atoms with Gasteiger partial charge in [0.05, 0.1) is 13.2 Å². The molecule has 2 aromatic rings. The van der Waals surface area contributed by atoms with Gasteiger partial charge in [-0.2, -0.15) is 12.6 Å². The number of hydrogen-bond donors (Lipinski definition) is 2. The molecule has 2 aliphatic heterocycles. The minimum Gasteiger partial charge on any atom is -0.376 e. The Morgan fingerprint density at radius 2 is 1.93 bits per heavy atom. The molecule has 0 spiro atoms. The average molecular weight is 431 g/mol. The van der Waals surface area contributed by atoms with Crippen molar-refractivity contribution in [1.82, 2.24) is 5.32 Å². The Morgan fingerprint density at radius 3 is 2.59 bits per heavy atom. The molecule has 29 heavy (non-hydrogen) atoms. The van der Waals surface area contributed by atoms with Gasteiger partial charge in [-0.15, -0.1) is 0 Å². The largest absolute Gasteiger partial charge is 0.376 e. The van der Waals surface area contributed by atoms with Gasteiger partial charge >= 0.3 is 0 Å². The summed E-state index contributed by atoms with van der Waals surface area (Å²) in [4.78, 5) is 27.5. The fraction of sp³-hybridized carbons (Fsp3) is 0.364. The van der Waals surface area contributed by atoms with Crippen LogP contribution in [0.1, 0.15) is 34.3 Å². The summed E-state index contributed by atoms with van der Waals surface area (Å²) < 4.78 is 5.44. The SMILES string of the molecule is O=C(NC1(c2ccc(Cl)cc2)COC1)c1cccc2c1CCCN2C(=O)CCS. The van der Waals surface area contributed by atoms with Gasteiger partial charge in [0.1, 0.15) is 5.54 Å². The molecule has 0 unspecified atom stereocenters. The van der Waals surface area contributed by atoms with Crippen LogP contribution in [0, 0.1) is 0 Å². The number of thiol groups is 1. The number of carbonyl (C=O) groups is 2. The Bertz CT molecular complexity index is 928. The van der Waals surface area contributed by atoms with Crippen LogP contribution in [-0.4, -0.2) is 37.3 Å². The van der Waals surface area contributed by atoms with E-state index in [0.29, 0.717) is 42.5 Å². The van der Waals surface area contributed by atoms with Gasteiger partial charge in [0.15, 0.2) is 0 Å². The number of amides is 2. The molecule has 1 N–H and O–H groups in total. The van der Waals surface area contributed by atoms with Crippen LogP contribution in [0.4, 0.5) is 5.69 Å². The maximum Gasteiger partial charge on any atom is 0.252 e. The van der Waals surface area contributed by atoms with Crippen molar-refractivity contribution < 1.29 is 14.3 Å². The summed E-state index contributed by atoms with van der Waals surface area (Å²) in [6.07, 6.45) is 1.99. The highest BCUT2D eigenvalue weighted by Crippen LogP contribution is 2.34. The monoisotopic (exact) mass is 430 g/mol. The summed E-state index contributed by atoms with van der Waals surface area (Å²) in [5, 5.41) is 3.83. The zero-order valence-corrected chi connectivity index (χ0v) is 17.6. The first-order valence-electron chi connectivity index (χ1n) is 9.73. The number of fused-ring (bicyclic) bond motifs is 1. The van der Waals surface area contributed by atoms with Crippen LogP contribution < -0.4 is 10.2 Å². The highest BCUT2D eigenvalue weighted by Gasteiger charge is 2.42. The first-order chi connectivity index (χ1) is 14.0. The summed E-state index contributed by atoms with van der Waals surface area (Å²) in [5.74, 6) is 0.404. The first kappa shape index (κ1) is 20.3. The zero-order chi connectivity index (χ0) is 20.4. The summed E-state index contributed by atoms with van der Waals surface area (Å²) in [5.41, 5.74) is 2.79. The number of nitrogens with zero attached hydrogens (tertiary/aromatic N) is 1. The predicted octanol–water partition coefficient (Wildman–Crippen LogP) is 3.59. The molecule has 1 fully saturated rings. The van der Waals surface area contributed by atoms with Crippen LogP contribution in [0.2, 0.25) is 5.02 Å². The van der Waals surface area contributed by atoms with Gasteiger partial charge in [0.25, 0.3) is 5.91 Å². The second kappa shape index (κ2) is 8.38. The highest BCUT2D eigenvalue weighted by atomic mass is 35.5. The third kappa shape index (κ3) is 3.89. The molecular weight excluding hydrogens is 408 g/mol. The molecule has 7 heteroatoms. The number of carbonyl (C=O) groups excluding carboxylic acids is 2. The van der Waals surface area contributed by atoms with E-state index in [4.69, 9.17) is 16.3 Å². The number of benzene rings is 2. The molecular formula is C22H23ClN2O3S. The molecule has 0 aromatic heterocycles. The van der Waals surface area contributed by atoms with Crippen molar-refractivity contribution in [2.45, 2.75) is 24.8 Å². The maximum absolute atomic E-state index is 13.3. The predicted molar refractivity (Wildman–Crippen MR) is 117 cm³/mol. The van der Waals surface area contributed by atoms with E-state index in [2.05, 4.69) is 17.9 Å². The topological polar surface area (TPSA) is 58.6 Å². The molecule has 0 atom stereocenters. The van der Waals surface area contributed by atoms with Crippen LogP contribution in [0.15, 0.2) is 42.5 Å². The molecule has 2 amide bonds. The minimum atomic E-state index is -0.555. The molecule has 2 aromatic carbocycles. The van der Waals surface area contributed by atoms with Crippen molar-refractivity contribution in [2.75, 3.05) is 30.4 Å². The van der Waals surface area contributed by atoms with Crippen LogP contribution in [-0.2, 0) is 21.5 Å². The Labute approximate surface area is 180 Å². The number of rotatable bonds is 5. The second-order valence-corrected chi connectivity index (χ2v) is 8.35. The van der Waals surface area contributed by atoms with Gasteiger partial charge in [0, 0.05) is 29.2 Å². The van der Waals surface area contributed by atoms with E-state index in [1.165, 1.54) is 0 Å². The Hall–Kier alpha value is -2.02. The van der Waals surface area contributed by atoms with Crippen LogP contribution >= 0.6 is 24.2 Å². The second-order valence-electron chi connectivity index (χ2n) is 7.46. The molecule has 5 nitrogen and oxygen atoms in total. The van der Waals surface area contributed by atoms with Gasteiger partial charge in [-0.1, -0.05) is 29.8 Å². The molecule has 2 heterocycles. The Morgan fingerprint density at radius 1 is 1.17 bits per heavy atom. The fourth-order valence-corrected chi connectivity index (χ4v) is 4.32. The van der Waals surface area contributed by atoms with Crippen molar-refractivity contribution in [3.05, 3.63) is 64.2 Å². The molecule has 1 saturated heterocycles. The number of ether oxygens (including phenoxy) is 1. The van der Waals surface area contributed by atoms with Gasteiger partial charge in [0.2, 0.25) is 5.91 Å². The van der Waals surface area contributed by atoms with E-state index in [0.717, 1.165) is 29.7 Å². The first-order valence-corrected chi connectivity index (χ1v) is 10.7. The molecule has 152 valence electrons. The smallest absolute Gasteiger partial charge is 0.252 e. The zero-order valence-electron chi connectivity index (χ0n) is 16.0. The number of halogens is 1. The number of nitrogens with one attached hydrogen (secondary N) is 1. The standard InChI is InChI=1S/C22H23ClN2O3S/c23-16-8-6-15(7-9-16)22(13-28-14-22)24-21(27)18-3-1-5-19-17(18)4-2-11-25(19)20(26)10-12-29/h1,3,5-9,29H,2,4,10-14H2,(H,24,27). The molecule has 0 aliphatic carbocycles. The molecule has 0 radical (unpaired) electrons. The van der Waals surface area contributed by atoms with E-state index < -0.39 is 5.54 Å². The van der Waals surface area contributed by atoms with Gasteiger partial charge in [-0.3, -0.25) is 9.59 Å². The van der Waals surface area contributed by atoms with E-state index in [9.17, 15) is 9.59 Å². The normalized spacial score (nSPS) is 17.2. The van der Waals surface area contributed by atoms with Crippen molar-refractivity contribution in [1.29, 1.82) is 0 Å². The number of hydrogen-bond acceptors (Lipinski definition) is 4. The molecule has 2 aliphatic rings. The number of anilines is 1. The summed E-state index contributed by atoms with van der Waals surface area (Å²) in [7, 11) is 0. The molecule has 4 rings (SSSR count). The van der Waals surface area contributed by atoms with Crippen molar-refractivity contribution >= 4 is 41.7 Å². The molecule has 0 saturated carbocycles. The maximum atomic E-state index is 13.3. The quantitative estimate of drug-likeness (QED) is 0.712. The van der Waals surface area contributed by atoms with E-state index in [1.807, 2.05) is 42.5 Å². The minimum absolute atomic E-state index is 0.0449. The van der Waals surface area contributed by atoms with E-state index >= 15 is 0 Å². The van der Waals surface area contributed by atoms with Gasteiger partial charge < -0.3 is 15.0 Å². The van der Waals surface area contributed by atoms with E-state index in [-0.39, 0.29) is 11.8 Å². The van der Waals surface area contributed by atoms with E-state index in [1.54, 1.807) is 4.90 Å². The lowest BCUT2D eigenvalue weighted by Crippen LogP contribution is -2.59. The fourth-order valence-electron chi connectivity index (χ4n) is 4.00. The van der Waals surface area contributed by atoms with Crippen LogP contribution in [0.25, 0.3) is 0 Å². The Kier molecular flexibility index (Phi) is 5.86. The third-order valence-corrected chi connectivity index (χ3v) is 6.04. The van der Waals surface area contributed by atoms with Gasteiger partial charge in [-0.25, -0.2) is 0 Å². The lowest BCUT2D eigenvalue weighted by atomic mass is 9.87. The van der Waals surface area contributed by atoms with Crippen LogP contribution in [0.5, 0.6) is 0 Å². The summed E-state index contributed by atoms with van der Waals surface area (Å²) in [6.45, 7) is 1.51. The molecule has 0 bridgehead atoms. The summed E-state index contributed by atoms with van der Waals surface area (Å²) >= 11 is 10.2. The third-order valence-electron chi connectivity index (χ3n) is 5.57. The highest BCUT2D eigenvalue weighted by molar-refractivity contribution is 7.80. The van der Waals surface area contributed by atoms with Crippen molar-refractivity contribution in [2.24, 2.45) is 0 Å². The van der Waals surface area contributed by atoms with Crippen LogP contribution in [0.3, 0.4) is 0 Å². The lowest BCUT2D eigenvalue weighted by molar-refractivity contribution is -0.118.